The van der Waals surface area contributed by atoms with Gasteiger partial charge in [-0.05, 0) is 5.92 Å². The molecular formula is C10H19NO3S. The van der Waals surface area contributed by atoms with Crippen LogP contribution in [0, 0.1) is 5.92 Å². The van der Waals surface area contributed by atoms with Crippen molar-refractivity contribution in [3.05, 3.63) is 0 Å². The van der Waals surface area contributed by atoms with Crippen molar-refractivity contribution in [2.45, 2.75) is 32.4 Å². The molecule has 88 valence electrons. The Bertz CT molecular complexity index is 329. The Hall–Kier alpha value is -0.580. The minimum Gasteiger partial charge on any atom is -0.340 e. The summed E-state index contributed by atoms with van der Waals surface area (Å²) in [6.45, 7) is 6.36. The molecule has 1 rings (SSSR count). The smallest absolute Gasteiger partial charge is 0.222 e. The lowest BCUT2D eigenvalue weighted by atomic mass is 10.2. The standard InChI is InChI=1S/C10H19NO3S/c1-4-10(12)11-5-9(6-11)15(13,14)7-8(2)3/h8-9H,4-7H2,1-3H3. The van der Waals surface area contributed by atoms with E-state index in [0.717, 1.165) is 0 Å². The van der Waals surface area contributed by atoms with Crippen LogP contribution in [0.4, 0.5) is 0 Å². The molecule has 0 bridgehead atoms. The van der Waals surface area contributed by atoms with Crippen LogP contribution in [0.2, 0.25) is 0 Å². The second-order valence-electron chi connectivity index (χ2n) is 4.50. The molecule has 0 N–H and O–H groups in total. The van der Waals surface area contributed by atoms with Gasteiger partial charge < -0.3 is 4.90 Å². The summed E-state index contributed by atoms with van der Waals surface area (Å²) in [5.74, 6) is 0.433. The maximum absolute atomic E-state index is 11.7. The molecule has 15 heavy (non-hydrogen) atoms. The Morgan fingerprint density at radius 2 is 1.93 bits per heavy atom. The van der Waals surface area contributed by atoms with Crippen molar-refractivity contribution >= 4 is 15.7 Å². The molecule has 0 aliphatic carbocycles. The van der Waals surface area contributed by atoms with Crippen LogP contribution in [0.1, 0.15) is 27.2 Å². The molecule has 1 fully saturated rings. The van der Waals surface area contributed by atoms with Crippen molar-refractivity contribution in [3.63, 3.8) is 0 Å². The van der Waals surface area contributed by atoms with Gasteiger partial charge in [-0.15, -0.1) is 0 Å². The van der Waals surface area contributed by atoms with Crippen LogP contribution in [0.5, 0.6) is 0 Å². The first-order valence-electron chi connectivity index (χ1n) is 5.36. The van der Waals surface area contributed by atoms with Crippen LogP contribution in [0.3, 0.4) is 0 Å². The molecule has 0 saturated carbocycles. The first-order chi connectivity index (χ1) is 6.86. The molecule has 5 heteroatoms. The maximum Gasteiger partial charge on any atom is 0.222 e. The number of carbonyl (C=O) groups excluding carboxylic acids is 1. The highest BCUT2D eigenvalue weighted by Gasteiger charge is 2.38. The third-order valence-corrected chi connectivity index (χ3v) is 5.02. The van der Waals surface area contributed by atoms with Crippen molar-refractivity contribution in [1.29, 1.82) is 0 Å². The maximum atomic E-state index is 11.7. The number of likely N-dealkylation sites (tertiary alicyclic amines) is 1. The monoisotopic (exact) mass is 233 g/mol. The van der Waals surface area contributed by atoms with Crippen molar-refractivity contribution in [1.82, 2.24) is 4.90 Å². The lowest BCUT2D eigenvalue weighted by Gasteiger charge is -2.38. The number of hydrogen-bond acceptors (Lipinski definition) is 3. The minimum absolute atomic E-state index is 0.0472. The lowest BCUT2D eigenvalue weighted by molar-refractivity contribution is -0.133. The fourth-order valence-corrected chi connectivity index (χ4v) is 3.71. The molecule has 0 radical (unpaired) electrons. The summed E-state index contributed by atoms with van der Waals surface area (Å²) >= 11 is 0. The number of carbonyl (C=O) groups is 1. The fraction of sp³-hybridized carbons (Fsp3) is 0.900. The van der Waals surface area contributed by atoms with Gasteiger partial charge in [-0.3, -0.25) is 4.79 Å². The fourth-order valence-electron chi connectivity index (χ4n) is 1.69. The molecule has 0 aromatic rings. The molecule has 4 nitrogen and oxygen atoms in total. The first-order valence-corrected chi connectivity index (χ1v) is 7.07. The molecule has 0 aromatic carbocycles. The van der Waals surface area contributed by atoms with Crippen LogP contribution in [-0.2, 0) is 14.6 Å². The summed E-state index contributed by atoms with van der Waals surface area (Å²) in [7, 11) is -2.99. The van der Waals surface area contributed by atoms with Gasteiger partial charge in [0.05, 0.1) is 11.0 Å². The zero-order chi connectivity index (χ0) is 11.6. The summed E-state index contributed by atoms with van der Waals surface area (Å²) < 4.78 is 23.5. The Labute approximate surface area is 91.6 Å². The van der Waals surface area contributed by atoms with Gasteiger partial charge in [0.1, 0.15) is 0 Å². The van der Waals surface area contributed by atoms with E-state index in [-0.39, 0.29) is 22.8 Å². The first kappa shape index (κ1) is 12.5. The number of nitrogens with zero attached hydrogens (tertiary/aromatic N) is 1. The van der Waals surface area contributed by atoms with E-state index >= 15 is 0 Å². The second-order valence-corrected chi connectivity index (χ2v) is 6.82. The van der Waals surface area contributed by atoms with Crippen LogP contribution < -0.4 is 0 Å². The van der Waals surface area contributed by atoms with Gasteiger partial charge in [0.2, 0.25) is 5.91 Å². The third-order valence-electron chi connectivity index (χ3n) is 2.58. The van der Waals surface area contributed by atoms with Crippen LogP contribution in [-0.4, -0.2) is 43.3 Å². The molecule has 0 unspecified atom stereocenters. The number of rotatable bonds is 4. The predicted molar refractivity (Wildman–Crippen MR) is 59.3 cm³/mol. The van der Waals surface area contributed by atoms with Crippen molar-refractivity contribution in [3.8, 4) is 0 Å². The normalized spacial score (nSPS) is 18.0. The van der Waals surface area contributed by atoms with Gasteiger partial charge in [-0.25, -0.2) is 8.42 Å². The highest BCUT2D eigenvalue weighted by Crippen LogP contribution is 2.19. The average molecular weight is 233 g/mol. The summed E-state index contributed by atoms with van der Waals surface area (Å²) in [5.41, 5.74) is 0. The highest BCUT2D eigenvalue weighted by atomic mass is 32.2. The quantitative estimate of drug-likeness (QED) is 0.717. The minimum atomic E-state index is -2.99. The van der Waals surface area contributed by atoms with Gasteiger partial charge in [-0.1, -0.05) is 20.8 Å². The Morgan fingerprint density at radius 1 is 1.40 bits per heavy atom. The molecule has 1 heterocycles. The zero-order valence-corrected chi connectivity index (χ0v) is 10.4. The van der Waals surface area contributed by atoms with Gasteiger partial charge >= 0.3 is 0 Å². The third kappa shape index (κ3) is 2.93. The van der Waals surface area contributed by atoms with Crippen molar-refractivity contribution < 1.29 is 13.2 Å². The van der Waals surface area contributed by atoms with Crippen LogP contribution in [0.15, 0.2) is 0 Å². The number of amides is 1. The molecule has 1 aliphatic rings. The van der Waals surface area contributed by atoms with E-state index in [4.69, 9.17) is 0 Å². The number of sulfone groups is 1. The van der Waals surface area contributed by atoms with E-state index < -0.39 is 9.84 Å². The van der Waals surface area contributed by atoms with Crippen LogP contribution >= 0.6 is 0 Å². The van der Waals surface area contributed by atoms with Gasteiger partial charge in [0.15, 0.2) is 9.84 Å². The largest absolute Gasteiger partial charge is 0.340 e. The second kappa shape index (κ2) is 4.51. The molecule has 1 saturated heterocycles. The molecule has 0 spiro atoms. The predicted octanol–water partition coefficient (Wildman–Crippen LogP) is 0.678. The van der Waals surface area contributed by atoms with E-state index in [2.05, 4.69) is 0 Å². The Kier molecular flexibility index (Phi) is 3.76. The molecular weight excluding hydrogens is 214 g/mol. The Morgan fingerprint density at radius 3 is 2.33 bits per heavy atom. The molecule has 0 atom stereocenters. The summed E-state index contributed by atoms with van der Waals surface area (Å²) in [6.07, 6.45) is 0.455. The van der Waals surface area contributed by atoms with E-state index in [1.807, 2.05) is 13.8 Å². The lowest BCUT2D eigenvalue weighted by Crippen LogP contribution is -2.57. The molecule has 0 aromatic heterocycles. The van der Waals surface area contributed by atoms with Crippen LogP contribution in [0.25, 0.3) is 0 Å². The summed E-state index contributed by atoms with van der Waals surface area (Å²) in [5, 5.41) is -0.324. The average Bonchev–Trinajstić information content (AvgIpc) is 1.97. The summed E-state index contributed by atoms with van der Waals surface area (Å²) in [6, 6.07) is 0. The Balaban J connectivity index is 2.48. The van der Waals surface area contributed by atoms with Gasteiger partial charge in [0.25, 0.3) is 0 Å². The molecule has 1 aliphatic heterocycles. The highest BCUT2D eigenvalue weighted by molar-refractivity contribution is 7.92. The van der Waals surface area contributed by atoms with E-state index in [0.29, 0.717) is 19.5 Å². The zero-order valence-electron chi connectivity index (χ0n) is 9.56. The van der Waals surface area contributed by atoms with E-state index in [1.54, 1.807) is 11.8 Å². The topological polar surface area (TPSA) is 54.5 Å². The van der Waals surface area contributed by atoms with Crippen molar-refractivity contribution in [2.24, 2.45) is 5.92 Å². The molecule has 1 amide bonds. The van der Waals surface area contributed by atoms with E-state index in [1.165, 1.54) is 0 Å². The van der Waals surface area contributed by atoms with Gasteiger partial charge in [0, 0.05) is 19.5 Å². The van der Waals surface area contributed by atoms with Gasteiger partial charge in [-0.2, -0.15) is 0 Å². The summed E-state index contributed by atoms with van der Waals surface area (Å²) in [4.78, 5) is 12.8. The van der Waals surface area contributed by atoms with E-state index in [9.17, 15) is 13.2 Å². The van der Waals surface area contributed by atoms with Crippen molar-refractivity contribution in [2.75, 3.05) is 18.8 Å². The SMILES string of the molecule is CCC(=O)N1CC(S(=O)(=O)CC(C)C)C1. The number of hydrogen-bond donors (Lipinski definition) is 0.